The number of hydrogen-bond donors (Lipinski definition) is 1. The molecular weight excluding hydrogens is 270 g/mol. The van der Waals surface area contributed by atoms with Crippen molar-refractivity contribution in [3.05, 3.63) is 42.0 Å². The van der Waals surface area contributed by atoms with Crippen LogP contribution in [0.1, 0.15) is 16.1 Å². The summed E-state index contributed by atoms with van der Waals surface area (Å²) in [4.78, 5) is 14.6. The van der Waals surface area contributed by atoms with E-state index in [1.165, 1.54) is 29.3 Å². The molecule has 2 aromatic heterocycles. The molecule has 0 bridgehead atoms. The summed E-state index contributed by atoms with van der Waals surface area (Å²) in [6, 6.07) is 3.07. The van der Waals surface area contributed by atoms with E-state index in [0.717, 1.165) is 6.26 Å². The zero-order chi connectivity index (χ0) is 14.0. The fraction of sp³-hybridized carbons (Fsp3) is 0.182. The van der Waals surface area contributed by atoms with E-state index in [1.807, 2.05) is 0 Å². The van der Waals surface area contributed by atoms with E-state index in [0.29, 0.717) is 5.56 Å². The lowest BCUT2D eigenvalue weighted by atomic mass is 10.2. The van der Waals surface area contributed by atoms with E-state index in [9.17, 15) is 13.2 Å². The van der Waals surface area contributed by atoms with Gasteiger partial charge in [0, 0.05) is 18.6 Å². The Morgan fingerprint density at radius 2 is 2.21 bits per heavy atom. The maximum atomic E-state index is 11.3. The van der Waals surface area contributed by atoms with Crippen LogP contribution in [0.4, 0.5) is 0 Å². The molecule has 7 nitrogen and oxygen atoms in total. The molecule has 0 unspecified atom stereocenters. The highest BCUT2D eigenvalue weighted by Gasteiger charge is 2.11. The van der Waals surface area contributed by atoms with Crippen LogP contribution in [0.2, 0.25) is 0 Å². The number of nitrogens with zero attached hydrogens (tertiary/aromatic N) is 3. The van der Waals surface area contributed by atoms with E-state index in [4.69, 9.17) is 5.11 Å². The minimum atomic E-state index is -3.29. The van der Waals surface area contributed by atoms with Gasteiger partial charge in [0.05, 0.1) is 12.7 Å². The second kappa shape index (κ2) is 4.81. The van der Waals surface area contributed by atoms with Crippen LogP contribution in [-0.4, -0.2) is 40.5 Å². The highest BCUT2D eigenvalue weighted by atomic mass is 32.2. The number of carbonyl (C=O) groups is 1. The summed E-state index contributed by atoms with van der Waals surface area (Å²) in [5.74, 6) is -1.11. The molecule has 8 heteroatoms. The lowest BCUT2D eigenvalue weighted by Gasteiger charge is -2.02. The molecule has 0 aliphatic rings. The lowest BCUT2D eigenvalue weighted by Crippen LogP contribution is -2.04. The van der Waals surface area contributed by atoms with Gasteiger partial charge in [0.1, 0.15) is 10.6 Å². The Kier molecular flexibility index (Phi) is 3.34. The Morgan fingerprint density at radius 3 is 2.79 bits per heavy atom. The van der Waals surface area contributed by atoms with Crippen molar-refractivity contribution in [2.24, 2.45) is 0 Å². The van der Waals surface area contributed by atoms with Gasteiger partial charge in [-0.1, -0.05) is 0 Å². The van der Waals surface area contributed by atoms with Crippen LogP contribution in [0.25, 0.3) is 0 Å². The molecule has 2 heterocycles. The van der Waals surface area contributed by atoms with Gasteiger partial charge in [0.25, 0.3) is 0 Å². The molecule has 2 rings (SSSR count). The van der Waals surface area contributed by atoms with E-state index in [-0.39, 0.29) is 17.1 Å². The Bertz CT molecular complexity index is 721. The summed E-state index contributed by atoms with van der Waals surface area (Å²) in [5.41, 5.74) is 0.614. The molecule has 2 aromatic rings. The molecule has 0 radical (unpaired) electrons. The summed E-state index contributed by atoms with van der Waals surface area (Å²) < 4.78 is 24.0. The molecule has 1 N–H and O–H groups in total. The second-order valence-electron chi connectivity index (χ2n) is 4.00. The van der Waals surface area contributed by atoms with Gasteiger partial charge in [-0.05, 0) is 17.7 Å². The Labute approximate surface area is 109 Å². The predicted octanol–water partition coefficient (Wildman–Crippen LogP) is 0.428. The van der Waals surface area contributed by atoms with Crippen LogP contribution in [0, 0.1) is 0 Å². The average molecular weight is 281 g/mol. The number of aromatic carboxylic acids is 1. The minimum absolute atomic E-state index is 0.0620. The standard InChI is InChI=1S/C11H11N3O4S/c1-19(17,18)9-5-13-14(7-9)6-8-2-3-12-10(4-8)11(15)16/h2-5,7H,6H2,1H3,(H,15,16). The van der Waals surface area contributed by atoms with Gasteiger partial charge in [-0.25, -0.2) is 18.2 Å². The minimum Gasteiger partial charge on any atom is -0.477 e. The van der Waals surface area contributed by atoms with Crippen LogP contribution < -0.4 is 0 Å². The largest absolute Gasteiger partial charge is 0.477 e. The maximum absolute atomic E-state index is 11.3. The number of carboxylic acid groups (broad SMARTS) is 1. The second-order valence-corrected chi connectivity index (χ2v) is 6.02. The van der Waals surface area contributed by atoms with E-state index < -0.39 is 15.8 Å². The molecule has 100 valence electrons. The molecule has 0 fully saturated rings. The third-order valence-corrected chi connectivity index (χ3v) is 3.49. The third kappa shape index (κ3) is 3.16. The van der Waals surface area contributed by atoms with Crippen molar-refractivity contribution in [1.29, 1.82) is 0 Å². The fourth-order valence-corrected chi connectivity index (χ4v) is 2.05. The first-order chi connectivity index (χ1) is 8.86. The average Bonchev–Trinajstić information content (AvgIpc) is 2.77. The Morgan fingerprint density at radius 1 is 1.47 bits per heavy atom. The Balaban J connectivity index is 2.24. The van der Waals surface area contributed by atoms with Crippen molar-refractivity contribution in [1.82, 2.24) is 14.8 Å². The maximum Gasteiger partial charge on any atom is 0.354 e. The highest BCUT2D eigenvalue weighted by Crippen LogP contribution is 2.09. The van der Waals surface area contributed by atoms with Crippen LogP contribution in [0.3, 0.4) is 0 Å². The number of hydrogen-bond acceptors (Lipinski definition) is 5. The molecule has 0 aliphatic heterocycles. The van der Waals surface area contributed by atoms with Crippen LogP contribution in [-0.2, 0) is 16.4 Å². The summed E-state index contributed by atoms with van der Waals surface area (Å²) in [6.45, 7) is 0.276. The van der Waals surface area contributed by atoms with Crippen molar-refractivity contribution in [3.8, 4) is 0 Å². The zero-order valence-electron chi connectivity index (χ0n) is 10.0. The quantitative estimate of drug-likeness (QED) is 0.871. The SMILES string of the molecule is CS(=O)(=O)c1cnn(Cc2ccnc(C(=O)O)c2)c1. The number of sulfone groups is 1. The molecule has 0 atom stereocenters. The van der Waals surface area contributed by atoms with Crippen LogP contribution in [0.15, 0.2) is 35.6 Å². The predicted molar refractivity (Wildman–Crippen MR) is 65.6 cm³/mol. The third-order valence-electron chi connectivity index (χ3n) is 2.43. The molecule has 0 aromatic carbocycles. The molecule has 0 saturated carbocycles. The van der Waals surface area contributed by atoms with E-state index in [1.54, 1.807) is 6.07 Å². The van der Waals surface area contributed by atoms with Crippen LogP contribution >= 0.6 is 0 Å². The van der Waals surface area contributed by atoms with Crippen molar-refractivity contribution in [2.45, 2.75) is 11.4 Å². The van der Waals surface area contributed by atoms with Gasteiger partial charge >= 0.3 is 5.97 Å². The van der Waals surface area contributed by atoms with Crippen molar-refractivity contribution < 1.29 is 18.3 Å². The zero-order valence-corrected chi connectivity index (χ0v) is 10.8. The van der Waals surface area contributed by atoms with Gasteiger partial charge < -0.3 is 5.11 Å². The van der Waals surface area contributed by atoms with Crippen LogP contribution in [0.5, 0.6) is 0 Å². The van der Waals surface area contributed by atoms with Gasteiger partial charge in [0.15, 0.2) is 9.84 Å². The molecule has 19 heavy (non-hydrogen) atoms. The van der Waals surface area contributed by atoms with Gasteiger partial charge in [-0.15, -0.1) is 0 Å². The molecule has 0 amide bonds. The molecule has 0 aliphatic carbocycles. The lowest BCUT2D eigenvalue weighted by molar-refractivity contribution is 0.0690. The smallest absolute Gasteiger partial charge is 0.354 e. The first-order valence-corrected chi connectivity index (χ1v) is 7.16. The molecular formula is C11H11N3O4S. The number of aromatic nitrogens is 3. The Hall–Kier alpha value is -2.22. The van der Waals surface area contributed by atoms with Crippen molar-refractivity contribution in [2.75, 3.05) is 6.26 Å². The molecule has 0 saturated heterocycles. The van der Waals surface area contributed by atoms with Crippen molar-refractivity contribution >= 4 is 15.8 Å². The fourth-order valence-electron chi connectivity index (χ4n) is 1.50. The highest BCUT2D eigenvalue weighted by molar-refractivity contribution is 7.90. The monoisotopic (exact) mass is 281 g/mol. The van der Waals surface area contributed by atoms with Gasteiger partial charge in [0.2, 0.25) is 0 Å². The number of pyridine rings is 1. The number of rotatable bonds is 4. The number of carboxylic acids is 1. The normalized spacial score (nSPS) is 11.4. The summed E-state index contributed by atoms with van der Waals surface area (Å²) in [5, 5.41) is 12.7. The topological polar surface area (TPSA) is 102 Å². The van der Waals surface area contributed by atoms with Gasteiger partial charge in [-0.3, -0.25) is 4.68 Å². The summed E-state index contributed by atoms with van der Waals surface area (Å²) in [6.07, 6.45) is 5.15. The summed E-state index contributed by atoms with van der Waals surface area (Å²) in [7, 11) is -3.29. The van der Waals surface area contributed by atoms with E-state index in [2.05, 4.69) is 10.1 Å². The van der Waals surface area contributed by atoms with Crippen molar-refractivity contribution in [3.63, 3.8) is 0 Å². The molecule has 0 spiro atoms. The van der Waals surface area contributed by atoms with Gasteiger partial charge in [-0.2, -0.15) is 5.10 Å². The van der Waals surface area contributed by atoms with E-state index >= 15 is 0 Å². The first-order valence-electron chi connectivity index (χ1n) is 5.27. The summed E-state index contributed by atoms with van der Waals surface area (Å²) >= 11 is 0. The first kappa shape index (κ1) is 13.2.